The summed E-state index contributed by atoms with van der Waals surface area (Å²) in [7, 11) is 0. The van der Waals surface area contributed by atoms with Gasteiger partial charge in [-0.2, -0.15) is 0 Å². The van der Waals surface area contributed by atoms with Crippen LogP contribution in [0.25, 0.3) is 0 Å². The van der Waals surface area contributed by atoms with E-state index >= 15 is 0 Å². The molecule has 0 aromatic heterocycles. The molecule has 0 unspecified atom stereocenters. The van der Waals surface area contributed by atoms with Crippen molar-refractivity contribution in [3.8, 4) is 0 Å². The van der Waals surface area contributed by atoms with E-state index in [-0.39, 0.29) is 12.4 Å². The Kier molecular flexibility index (Phi) is 7.65. The smallest absolute Gasteiger partial charge is 0.0920 e. The Morgan fingerprint density at radius 2 is 1.30 bits per heavy atom. The fraction of sp³-hybridized carbons (Fsp3) is 0.357. The molecular weight excluding hydrogens is 451 g/mol. The number of aryl methyl sites for hydroxylation is 2. The highest BCUT2D eigenvalue weighted by atomic mass is 35.5. The largest absolute Gasteiger partial charge is 0.385 e. The first-order valence-corrected chi connectivity index (χ1v) is 12.1. The Hall–Kier alpha value is -2.04. The molecule has 0 amide bonds. The lowest BCUT2D eigenvalue weighted by Gasteiger charge is -2.39. The third-order valence-corrected chi connectivity index (χ3v) is 7.40. The van der Waals surface area contributed by atoms with Gasteiger partial charge in [-0.15, -0.1) is 12.4 Å². The maximum absolute atomic E-state index is 11.2. The second kappa shape index (κ2) is 10.5. The van der Waals surface area contributed by atoms with Crippen LogP contribution in [0.4, 0.5) is 11.4 Å². The first kappa shape index (κ1) is 24.1. The van der Waals surface area contributed by atoms with E-state index in [4.69, 9.17) is 11.6 Å². The van der Waals surface area contributed by atoms with Crippen molar-refractivity contribution >= 4 is 35.4 Å². The summed E-state index contributed by atoms with van der Waals surface area (Å²) in [6, 6.07) is 25.4. The summed E-state index contributed by atoms with van der Waals surface area (Å²) >= 11 is 6.02. The lowest BCUT2D eigenvalue weighted by atomic mass is 9.84. The number of nitrogens with zero attached hydrogens (tertiary/aromatic N) is 2. The molecule has 2 aliphatic rings. The second-order valence-corrected chi connectivity index (χ2v) is 9.58. The van der Waals surface area contributed by atoms with Crippen molar-refractivity contribution in [2.45, 2.75) is 37.7 Å². The number of likely N-dealkylation sites (tertiary alicyclic amines) is 1. The van der Waals surface area contributed by atoms with Gasteiger partial charge in [0.15, 0.2) is 0 Å². The second-order valence-electron chi connectivity index (χ2n) is 9.14. The van der Waals surface area contributed by atoms with E-state index in [0.717, 1.165) is 63.8 Å². The SMILES string of the molecule is Cl.OC1(c2ccc(Cl)cc2)CCN(CCCN2c3ccccc3CCc3ccccc32)CC1. The van der Waals surface area contributed by atoms with Crippen LogP contribution in [0.1, 0.15) is 36.0 Å². The standard InChI is InChI=1S/C28H31ClN2O.ClH/c29-25-14-12-24(13-15-25)28(32)16-20-30(21-17-28)18-5-19-31-26-8-3-1-6-22(26)10-11-23-7-2-4-9-27(23)31;/h1-4,6-9,12-15,32H,5,10-11,16-21H2;1H. The number of benzene rings is 3. The van der Waals surface area contributed by atoms with Crippen LogP contribution in [-0.2, 0) is 18.4 Å². The van der Waals surface area contributed by atoms with E-state index in [1.165, 1.54) is 22.5 Å². The van der Waals surface area contributed by atoms with Gasteiger partial charge in [0.25, 0.3) is 0 Å². The van der Waals surface area contributed by atoms with Crippen molar-refractivity contribution in [3.05, 3.63) is 94.5 Å². The predicted octanol–water partition coefficient (Wildman–Crippen LogP) is 6.37. The topological polar surface area (TPSA) is 26.7 Å². The van der Waals surface area contributed by atoms with Gasteiger partial charge < -0.3 is 14.9 Å². The Balaban J connectivity index is 0.00000259. The number of para-hydroxylation sites is 2. The molecule has 1 fully saturated rings. The average Bonchev–Trinajstić information content (AvgIpc) is 2.98. The van der Waals surface area contributed by atoms with E-state index in [1.807, 2.05) is 24.3 Å². The summed E-state index contributed by atoms with van der Waals surface area (Å²) < 4.78 is 0. The van der Waals surface area contributed by atoms with Gasteiger partial charge in [0, 0.05) is 36.0 Å². The fourth-order valence-electron chi connectivity index (χ4n) is 5.26. The van der Waals surface area contributed by atoms with Crippen LogP contribution in [-0.4, -0.2) is 36.2 Å². The molecule has 3 aromatic carbocycles. The van der Waals surface area contributed by atoms with Gasteiger partial charge in [0.1, 0.15) is 0 Å². The summed E-state index contributed by atoms with van der Waals surface area (Å²) in [6.45, 7) is 3.90. The van der Waals surface area contributed by atoms with Crippen LogP contribution in [0, 0.1) is 0 Å². The zero-order valence-electron chi connectivity index (χ0n) is 18.9. The minimum atomic E-state index is -0.732. The average molecular weight is 483 g/mol. The summed E-state index contributed by atoms with van der Waals surface area (Å²) in [4.78, 5) is 5.02. The number of fused-ring (bicyclic) bond motifs is 2. The highest BCUT2D eigenvalue weighted by Gasteiger charge is 2.33. The molecular formula is C28H32Cl2N2O. The van der Waals surface area contributed by atoms with E-state index in [1.54, 1.807) is 0 Å². The molecule has 0 radical (unpaired) electrons. The van der Waals surface area contributed by atoms with E-state index in [9.17, 15) is 5.11 Å². The summed E-state index contributed by atoms with van der Waals surface area (Å²) in [6.07, 6.45) is 4.83. The first-order valence-electron chi connectivity index (χ1n) is 11.8. The first-order chi connectivity index (χ1) is 15.6. The Bertz CT molecular complexity index is 1010. The molecule has 5 heteroatoms. The number of hydrogen-bond acceptors (Lipinski definition) is 3. The molecule has 1 saturated heterocycles. The number of anilines is 2. The van der Waals surface area contributed by atoms with Gasteiger partial charge in [-0.3, -0.25) is 0 Å². The number of hydrogen-bond donors (Lipinski definition) is 1. The maximum Gasteiger partial charge on any atom is 0.0920 e. The summed E-state index contributed by atoms with van der Waals surface area (Å²) in [5, 5.41) is 11.9. The predicted molar refractivity (Wildman–Crippen MR) is 140 cm³/mol. The molecule has 174 valence electrons. The highest BCUT2D eigenvalue weighted by molar-refractivity contribution is 6.30. The summed E-state index contributed by atoms with van der Waals surface area (Å²) in [5.74, 6) is 0. The van der Waals surface area contributed by atoms with Crippen LogP contribution in [0.5, 0.6) is 0 Å². The number of halogens is 2. The molecule has 2 heterocycles. The van der Waals surface area contributed by atoms with Crippen LogP contribution in [0.15, 0.2) is 72.8 Å². The Labute approximate surface area is 208 Å². The molecule has 0 spiro atoms. The molecule has 0 bridgehead atoms. The fourth-order valence-corrected chi connectivity index (χ4v) is 5.38. The quantitative estimate of drug-likeness (QED) is 0.457. The van der Waals surface area contributed by atoms with E-state index in [2.05, 4.69) is 58.3 Å². The third-order valence-electron chi connectivity index (χ3n) is 7.15. The molecule has 3 aromatic rings. The minimum absolute atomic E-state index is 0. The van der Waals surface area contributed by atoms with E-state index in [0.29, 0.717) is 5.02 Å². The molecule has 5 rings (SSSR count). The minimum Gasteiger partial charge on any atom is -0.385 e. The molecule has 2 aliphatic heterocycles. The van der Waals surface area contributed by atoms with Crippen LogP contribution >= 0.6 is 24.0 Å². The molecule has 0 saturated carbocycles. The van der Waals surface area contributed by atoms with Gasteiger partial charge in [0.2, 0.25) is 0 Å². The Morgan fingerprint density at radius 1 is 0.758 bits per heavy atom. The molecule has 33 heavy (non-hydrogen) atoms. The van der Waals surface area contributed by atoms with Crippen LogP contribution < -0.4 is 4.90 Å². The molecule has 1 N–H and O–H groups in total. The number of piperidine rings is 1. The zero-order valence-corrected chi connectivity index (χ0v) is 20.5. The maximum atomic E-state index is 11.2. The molecule has 0 atom stereocenters. The van der Waals surface area contributed by atoms with Gasteiger partial charge in [-0.05, 0) is 79.6 Å². The van der Waals surface area contributed by atoms with Gasteiger partial charge in [-0.1, -0.05) is 60.1 Å². The lowest BCUT2D eigenvalue weighted by molar-refractivity contribution is -0.0258. The van der Waals surface area contributed by atoms with Gasteiger partial charge in [0.05, 0.1) is 5.60 Å². The number of rotatable bonds is 5. The lowest BCUT2D eigenvalue weighted by Crippen LogP contribution is -2.43. The highest BCUT2D eigenvalue weighted by Crippen LogP contribution is 2.36. The van der Waals surface area contributed by atoms with Crippen LogP contribution in [0.2, 0.25) is 5.02 Å². The van der Waals surface area contributed by atoms with Crippen molar-refractivity contribution in [2.24, 2.45) is 0 Å². The normalized spacial score (nSPS) is 17.5. The van der Waals surface area contributed by atoms with Crippen LogP contribution in [0.3, 0.4) is 0 Å². The Morgan fingerprint density at radius 3 is 1.88 bits per heavy atom. The number of aliphatic hydroxyl groups is 1. The monoisotopic (exact) mass is 482 g/mol. The molecule has 3 nitrogen and oxygen atoms in total. The zero-order chi connectivity index (χ0) is 22.0. The summed E-state index contributed by atoms with van der Waals surface area (Å²) in [5.41, 5.74) is 5.84. The van der Waals surface area contributed by atoms with Crippen molar-refractivity contribution in [1.82, 2.24) is 4.90 Å². The molecule has 0 aliphatic carbocycles. The van der Waals surface area contributed by atoms with Crippen molar-refractivity contribution in [2.75, 3.05) is 31.1 Å². The van der Waals surface area contributed by atoms with Gasteiger partial charge in [-0.25, -0.2) is 0 Å². The third kappa shape index (κ3) is 5.22. The van der Waals surface area contributed by atoms with Crippen molar-refractivity contribution in [1.29, 1.82) is 0 Å². The van der Waals surface area contributed by atoms with Gasteiger partial charge >= 0.3 is 0 Å². The van der Waals surface area contributed by atoms with Crippen molar-refractivity contribution < 1.29 is 5.11 Å². The van der Waals surface area contributed by atoms with E-state index < -0.39 is 5.60 Å². The van der Waals surface area contributed by atoms with Crippen molar-refractivity contribution in [3.63, 3.8) is 0 Å².